The number of aromatic carboxylic acids is 1. The molecule has 1 fully saturated rings. The Morgan fingerprint density at radius 2 is 2.05 bits per heavy atom. The predicted octanol–water partition coefficient (Wildman–Crippen LogP) is 3.49. The predicted molar refractivity (Wildman–Crippen MR) is 77.4 cm³/mol. The van der Waals surface area contributed by atoms with Gasteiger partial charge < -0.3 is 16.2 Å². The van der Waals surface area contributed by atoms with E-state index in [4.69, 9.17) is 5.73 Å². The summed E-state index contributed by atoms with van der Waals surface area (Å²) in [5.74, 6) is -1.13. The minimum atomic E-state index is -1.20. The van der Waals surface area contributed by atoms with Gasteiger partial charge in [0.15, 0.2) is 0 Å². The number of anilines is 2. The van der Waals surface area contributed by atoms with Gasteiger partial charge in [0.1, 0.15) is 11.4 Å². The molecule has 0 radical (unpaired) electrons. The fraction of sp³-hybridized carbons (Fsp3) is 0.533. The molecular weight excluding hydrogens is 259 g/mol. The number of carboxylic acids is 1. The Bertz CT molecular complexity index is 497. The van der Waals surface area contributed by atoms with Crippen LogP contribution in [0.3, 0.4) is 0 Å². The summed E-state index contributed by atoms with van der Waals surface area (Å²) in [5.41, 5.74) is 5.49. The van der Waals surface area contributed by atoms with Gasteiger partial charge in [-0.25, -0.2) is 9.18 Å². The molecule has 1 saturated carbocycles. The van der Waals surface area contributed by atoms with Crippen LogP contribution in [0, 0.1) is 11.7 Å². The van der Waals surface area contributed by atoms with Crippen molar-refractivity contribution in [1.29, 1.82) is 0 Å². The van der Waals surface area contributed by atoms with Crippen LogP contribution in [-0.4, -0.2) is 17.1 Å². The van der Waals surface area contributed by atoms with Crippen LogP contribution in [0.25, 0.3) is 0 Å². The normalized spacial score (nSPS) is 22.5. The van der Waals surface area contributed by atoms with E-state index in [-0.39, 0.29) is 17.3 Å². The largest absolute Gasteiger partial charge is 0.478 e. The van der Waals surface area contributed by atoms with Crippen molar-refractivity contribution in [2.24, 2.45) is 5.92 Å². The molecule has 20 heavy (non-hydrogen) atoms. The van der Waals surface area contributed by atoms with Crippen LogP contribution in [0.4, 0.5) is 15.8 Å². The zero-order valence-corrected chi connectivity index (χ0v) is 11.7. The van der Waals surface area contributed by atoms with Gasteiger partial charge in [0.25, 0.3) is 0 Å². The van der Waals surface area contributed by atoms with Crippen LogP contribution in [0.15, 0.2) is 12.1 Å². The summed E-state index contributed by atoms with van der Waals surface area (Å²) in [7, 11) is 0. The Hall–Kier alpha value is -1.78. The van der Waals surface area contributed by atoms with E-state index in [0.29, 0.717) is 5.69 Å². The monoisotopic (exact) mass is 280 g/mol. The van der Waals surface area contributed by atoms with Crippen molar-refractivity contribution in [3.63, 3.8) is 0 Å². The van der Waals surface area contributed by atoms with Crippen molar-refractivity contribution in [3.8, 4) is 0 Å². The van der Waals surface area contributed by atoms with E-state index >= 15 is 0 Å². The molecule has 1 aliphatic rings. The van der Waals surface area contributed by atoms with Crippen molar-refractivity contribution in [3.05, 3.63) is 23.5 Å². The van der Waals surface area contributed by atoms with Gasteiger partial charge in [-0.2, -0.15) is 0 Å². The topological polar surface area (TPSA) is 75.3 Å². The number of nitrogen functional groups attached to an aromatic ring is 1. The number of nitrogens with two attached hydrogens (primary N) is 1. The number of carbonyl (C=O) groups is 1. The second-order valence-electron chi connectivity index (χ2n) is 5.46. The molecule has 0 spiro atoms. The lowest BCUT2D eigenvalue weighted by Gasteiger charge is -2.29. The maximum absolute atomic E-state index is 13.4. The first kappa shape index (κ1) is 14.6. The summed E-state index contributed by atoms with van der Waals surface area (Å²) in [6.07, 6.45) is 5.50. The molecule has 5 heteroatoms. The lowest BCUT2D eigenvalue weighted by atomic mass is 9.84. The number of halogens is 1. The average molecular weight is 280 g/mol. The van der Waals surface area contributed by atoms with E-state index < -0.39 is 11.8 Å². The minimum absolute atomic E-state index is 0.164. The van der Waals surface area contributed by atoms with Crippen LogP contribution < -0.4 is 11.1 Å². The highest BCUT2D eigenvalue weighted by atomic mass is 19.1. The van der Waals surface area contributed by atoms with E-state index in [1.54, 1.807) is 0 Å². The fourth-order valence-corrected chi connectivity index (χ4v) is 2.88. The van der Waals surface area contributed by atoms with Gasteiger partial charge in [-0.1, -0.05) is 13.3 Å². The lowest BCUT2D eigenvalue weighted by molar-refractivity contribution is 0.0698. The molecule has 0 bridgehead atoms. The number of hydrogen-bond donors (Lipinski definition) is 3. The van der Waals surface area contributed by atoms with E-state index in [1.807, 2.05) is 0 Å². The first-order chi connectivity index (χ1) is 9.52. The first-order valence-electron chi connectivity index (χ1n) is 7.10. The summed E-state index contributed by atoms with van der Waals surface area (Å²) in [5, 5.41) is 12.4. The quantitative estimate of drug-likeness (QED) is 0.738. The van der Waals surface area contributed by atoms with Crippen LogP contribution in [-0.2, 0) is 0 Å². The molecule has 0 saturated heterocycles. The molecule has 1 aliphatic carbocycles. The lowest BCUT2D eigenvalue weighted by Crippen LogP contribution is -2.27. The molecule has 0 atom stereocenters. The molecule has 1 aromatic carbocycles. The van der Waals surface area contributed by atoms with Crippen LogP contribution in [0.5, 0.6) is 0 Å². The minimum Gasteiger partial charge on any atom is -0.478 e. The highest BCUT2D eigenvalue weighted by Gasteiger charge is 2.23. The Kier molecular flexibility index (Phi) is 4.47. The standard InChI is InChI=1S/C15H21FN2O2/c1-2-9-3-5-10(6-4-9)18-12-8-7-11(16)14(17)13(12)15(19)20/h7-10,18H,2-6,17H2,1H3,(H,19,20). The van der Waals surface area contributed by atoms with Gasteiger partial charge >= 0.3 is 5.97 Å². The van der Waals surface area contributed by atoms with Gasteiger partial charge in [0.2, 0.25) is 0 Å². The maximum Gasteiger partial charge on any atom is 0.340 e. The van der Waals surface area contributed by atoms with Crippen molar-refractivity contribution < 1.29 is 14.3 Å². The molecule has 4 N–H and O–H groups in total. The van der Waals surface area contributed by atoms with Gasteiger partial charge in [-0.15, -0.1) is 0 Å². The number of carboxylic acid groups (broad SMARTS) is 1. The summed E-state index contributed by atoms with van der Waals surface area (Å²) in [6, 6.07) is 2.91. The Morgan fingerprint density at radius 3 is 2.60 bits per heavy atom. The third-order valence-electron chi connectivity index (χ3n) is 4.19. The van der Waals surface area contributed by atoms with Crippen LogP contribution in [0.1, 0.15) is 49.4 Å². The van der Waals surface area contributed by atoms with E-state index in [9.17, 15) is 14.3 Å². The van der Waals surface area contributed by atoms with Gasteiger partial charge in [0, 0.05) is 6.04 Å². The van der Waals surface area contributed by atoms with Crippen molar-refractivity contribution in [1.82, 2.24) is 0 Å². The van der Waals surface area contributed by atoms with E-state index in [0.717, 1.165) is 31.6 Å². The molecule has 2 rings (SSSR count). The molecule has 110 valence electrons. The number of hydrogen-bond acceptors (Lipinski definition) is 3. The number of benzene rings is 1. The van der Waals surface area contributed by atoms with Crippen molar-refractivity contribution in [2.45, 2.75) is 45.1 Å². The van der Waals surface area contributed by atoms with Gasteiger partial charge in [-0.3, -0.25) is 0 Å². The van der Waals surface area contributed by atoms with Crippen LogP contribution in [0.2, 0.25) is 0 Å². The molecule has 1 aromatic rings. The number of nitrogens with one attached hydrogen (secondary N) is 1. The third kappa shape index (κ3) is 3.03. The first-order valence-corrected chi connectivity index (χ1v) is 7.10. The smallest absolute Gasteiger partial charge is 0.340 e. The average Bonchev–Trinajstić information content (AvgIpc) is 2.43. The second-order valence-corrected chi connectivity index (χ2v) is 5.46. The van der Waals surface area contributed by atoms with Gasteiger partial charge in [-0.05, 0) is 43.7 Å². The molecular formula is C15H21FN2O2. The molecule has 0 amide bonds. The molecule has 0 aliphatic heterocycles. The van der Waals surface area contributed by atoms with Crippen molar-refractivity contribution >= 4 is 17.3 Å². The summed E-state index contributed by atoms with van der Waals surface area (Å²) >= 11 is 0. The zero-order valence-electron chi connectivity index (χ0n) is 11.7. The highest BCUT2D eigenvalue weighted by molar-refractivity contribution is 6.00. The second kappa shape index (κ2) is 6.11. The SMILES string of the molecule is CCC1CCC(Nc2ccc(F)c(N)c2C(=O)O)CC1. The van der Waals surface area contributed by atoms with E-state index in [1.165, 1.54) is 18.6 Å². The zero-order chi connectivity index (χ0) is 14.7. The van der Waals surface area contributed by atoms with Gasteiger partial charge in [0.05, 0.1) is 11.4 Å². The van der Waals surface area contributed by atoms with Crippen molar-refractivity contribution in [2.75, 3.05) is 11.1 Å². The molecule has 4 nitrogen and oxygen atoms in total. The summed E-state index contributed by atoms with van der Waals surface area (Å²) in [4.78, 5) is 11.2. The molecule has 0 aromatic heterocycles. The highest BCUT2D eigenvalue weighted by Crippen LogP contribution is 2.31. The third-order valence-corrected chi connectivity index (χ3v) is 4.19. The summed E-state index contributed by atoms with van der Waals surface area (Å²) in [6.45, 7) is 2.20. The number of rotatable bonds is 4. The maximum atomic E-state index is 13.4. The Balaban J connectivity index is 2.14. The fourth-order valence-electron chi connectivity index (χ4n) is 2.88. The molecule has 0 heterocycles. The Morgan fingerprint density at radius 1 is 1.40 bits per heavy atom. The molecule has 0 unspecified atom stereocenters. The summed E-state index contributed by atoms with van der Waals surface area (Å²) < 4.78 is 13.4. The van der Waals surface area contributed by atoms with Crippen LogP contribution >= 0.6 is 0 Å². The Labute approximate surface area is 118 Å². The van der Waals surface area contributed by atoms with E-state index in [2.05, 4.69) is 12.2 Å².